The number of hydrogen-bond donors (Lipinski definition) is 2. The number of nitrogens with one attached hydrogen (secondary N) is 2. The van der Waals surface area contributed by atoms with Gasteiger partial charge in [-0.2, -0.15) is 0 Å². The van der Waals surface area contributed by atoms with Gasteiger partial charge in [0.1, 0.15) is 5.82 Å². The van der Waals surface area contributed by atoms with Crippen LogP contribution in [0.15, 0.2) is 42.5 Å². The molecule has 0 aliphatic carbocycles. The summed E-state index contributed by atoms with van der Waals surface area (Å²) < 4.78 is 0. The molecule has 0 saturated carbocycles. The van der Waals surface area contributed by atoms with Gasteiger partial charge in [0.05, 0.1) is 11.0 Å². The van der Waals surface area contributed by atoms with Crippen LogP contribution in [0, 0.1) is 0 Å². The zero-order valence-electron chi connectivity index (χ0n) is 13.0. The molecule has 0 saturated heterocycles. The number of nitrogens with zero attached hydrogens (tertiary/aromatic N) is 1. The zero-order valence-corrected chi connectivity index (χ0v) is 14.5. The van der Waals surface area contributed by atoms with Gasteiger partial charge in [-0.25, -0.2) is 4.98 Å². The first-order valence-corrected chi connectivity index (χ1v) is 8.51. The van der Waals surface area contributed by atoms with Crippen LogP contribution in [0.25, 0.3) is 11.0 Å². The Balaban J connectivity index is 1.45. The molecule has 24 heavy (non-hydrogen) atoms. The average molecular weight is 362 g/mol. The average Bonchev–Trinajstić information content (AvgIpc) is 2.96. The summed E-state index contributed by atoms with van der Waals surface area (Å²) in [6.07, 6.45) is 1.92. The normalized spacial score (nSPS) is 10.9. The van der Waals surface area contributed by atoms with E-state index >= 15 is 0 Å². The van der Waals surface area contributed by atoms with Crippen LogP contribution in [0.3, 0.4) is 0 Å². The van der Waals surface area contributed by atoms with Crippen LogP contribution in [-0.4, -0.2) is 15.9 Å². The largest absolute Gasteiger partial charge is 0.352 e. The van der Waals surface area contributed by atoms with Crippen molar-refractivity contribution in [2.24, 2.45) is 0 Å². The van der Waals surface area contributed by atoms with Crippen LogP contribution in [0.5, 0.6) is 0 Å². The fraction of sp³-hybridized carbons (Fsp3) is 0.222. The third-order valence-corrected chi connectivity index (χ3v) is 4.33. The molecular weight excluding hydrogens is 345 g/mol. The van der Waals surface area contributed by atoms with E-state index in [0.29, 0.717) is 23.0 Å². The Labute approximate surface area is 150 Å². The number of aromatic nitrogens is 2. The van der Waals surface area contributed by atoms with E-state index in [1.807, 2.05) is 30.3 Å². The molecule has 0 bridgehead atoms. The van der Waals surface area contributed by atoms with Crippen LogP contribution in [0.1, 0.15) is 24.2 Å². The standard InChI is InChI=1S/C18H17Cl2N3O/c19-13-9-8-12(14(20)10-13)11-21-18(24)7-3-6-17-22-15-4-1-2-5-16(15)23-17/h1-2,4-5,8-10H,3,6-7,11H2,(H,21,24)(H,22,23). The highest BCUT2D eigenvalue weighted by molar-refractivity contribution is 6.35. The van der Waals surface area contributed by atoms with Crippen LogP contribution < -0.4 is 5.32 Å². The van der Waals surface area contributed by atoms with E-state index in [-0.39, 0.29) is 5.91 Å². The van der Waals surface area contributed by atoms with Gasteiger partial charge >= 0.3 is 0 Å². The Morgan fingerprint density at radius 3 is 2.79 bits per heavy atom. The highest BCUT2D eigenvalue weighted by Gasteiger charge is 2.06. The minimum Gasteiger partial charge on any atom is -0.352 e. The van der Waals surface area contributed by atoms with Crippen LogP contribution >= 0.6 is 23.2 Å². The van der Waals surface area contributed by atoms with Crippen molar-refractivity contribution < 1.29 is 4.79 Å². The lowest BCUT2D eigenvalue weighted by molar-refractivity contribution is -0.121. The Morgan fingerprint density at radius 1 is 1.17 bits per heavy atom. The van der Waals surface area contributed by atoms with Crippen LogP contribution in [0.4, 0.5) is 0 Å². The molecule has 3 rings (SSSR count). The van der Waals surface area contributed by atoms with E-state index in [1.165, 1.54) is 0 Å². The molecule has 0 unspecified atom stereocenters. The van der Waals surface area contributed by atoms with E-state index in [4.69, 9.17) is 23.2 Å². The number of benzene rings is 2. The van der Waals surface area contributed by atoms with Crippen LogP contribution in [-0.2, 0) is 17.8 Å². The topological polar surface area (TPSA) is 57.8 Å². The Bertz CT molecular complexity index is 827. The summed E-state index contributed by atoms with van der Waals surface area (Å²) in [5, 5.41) is 4.02. The van der Waals surface area contributed by atoms with Crippen molar-refractivity contribution in [3.63, 3.8) is 0 Å². The minimum atomic E-state index is -0.00266. The van der Waals surface area contributed by atoms with Gasteiger partial charge in [-0.1, -0.05) is 41.4 Å². The molecule has 1 amide bonds. The summed E-state index contributed by atoms with van der Waals surface area (Å²) in [7, 11) is 0. The first-order valence-electron chi connectivity index (χ1n) is 7.76. The van der Waals surface area contributed by atoms with Gasteiger partial charge in [0.25, 0.3) is 0 Å². The predicted molar refractivity (Wildman–Crippen MR) is 97.3 cm³/mol. The van der Waals surface area contributed by atoms with Gasteiger partial charge in [-0.15, -0.1) is 0 Å². The highest BCUT2D eigenvalue weighted by Crippen LogP contribution is 2.20. The van der Waals surface area contributed by atoms with Gasteiger partial charge in [0.15, 0.2) is 0 Å². The summed E-state index contributed by atoms with van der Waals surface area (Å²) in [5.74, 6) is 0.905. The van der Waals surface area contributed by atoms with E-state index in [9.17, 15) is 4.79 Å². The van der Waals surface area contributed by atoms with Crippen molar-refractivity contribution in [1.82, 2.24) is 15.3 Å². The van der Waals surface area contributed by atoms with Gasteiger partial charge in [0, 0.05) is 29.4 Å². The molecule has 0 aliphatic rings. The van der Waals surface area contributed by atoms with Gasteiger partial charge in [-0.3, -0.25) is 4.79 Å². The number of amides is 1. The molecule has 4 nitrogen and oxygen atoms in total. The summed E-state index contributed by atoms with van der Waals surface area (Å²) in [4.78, 5) is 19.7. The lowest BCUT2D eigenvalue weighted by Crippen LogP contribution is -2.22. The quantitative estimate of drug-likeness (QED) is 0.678. The maximum atomic E-state index is 11.9. The highest BCUT2D eigenvalue weighted by atomic mass is 35.5. The molecule has 0 aliphatic heterocycles. The van der Waals surface area contributed by atoms with Crippen molar-refractivity contribution in [3.05, 3.63) is 63.9 Å². The van der Waals surface area contributed by atoms with Gasteiger partial charge < -0.3 is 10.3 Å². The number of carbonyl (C=O) groups excluding carboxylic acids is 1. The number of H-pyrrole nitrogens is 1. The second kappa shape index (κ2) is 7.69. The molecule has 1 heterocycles. The van der Waals surface area contributed by atoms with E-state index < -0.39 is 0 Å². The smallest absolute Gasteiger partial charge is 0.220 e. The number of para-hydroxylation sites is 2. The molecule has 6 heteroatoms. The van der Waals surface area contributed by atoms with E-state index in [1.54, 1.807) is 12.1 Å². The van der Waals surface area contributed by atoms with Gasteiger partial charge in [-0.05, 0) is 36.2 Å². The van der Waals surface area contributed by atoms with Gasteiger partial charge in [0.2, 0.25) is 5.91 Å². The number of halogens is 2. The Morgan fingerprint density at radius 2 is 2.00 bits per heavy atom. The summed E-state index contributed by atoms with van der Waals surface area (Å²) in [6, 6.07) is 13.1. The molecule has 3 aromatic rings. The Kier molecular flexibility index (Phi) is 5.38. The number of hydrogen-bond acceptors (Lipinski definition) is 2. The number of fused-ring (bicyclic) bond motifs is 1. The number of imidazole rings is 1. The molecule has 124 valence electrons. The second-order valence-electron chi connectivity index (χ2n) is 5.57. The lowest BCUT2D eigenvalue weighted by Gasteiger charge is -2.07. The number of aromatic amines is 1. The molecule has 2 aromatic carbocycles. The lowest BCUT2D eigenvalue weighted by atomic mass is 10.2. The van der Waals surface area contributed by atoms with E-state index in [2.05, 4.69) is 15.3 Å². The first-order chi connectivity index (χ1) is 11.6. The van der Waals surface area contributed by atoms with Crippen LogP contribution in [0.2, 0.25) is 10.0 Å². The monoisotopic (exact) mass is 361 g/mol. The second-order valence-corrected chi connectivity index (χ2v) is 6.41. The third-order valence-electron chi connectivity index (χ3n) is 3.75. The molecule has 0 radical (unpaired) electrons. The molecule has 0 fully saturated rings. The third kappa shape index (κ3) is 4.28. The van der Waals surface area contributed by atoms with Crippen molar-refractivity contribution in [3.8, 4) is 0 Å². The SMILES string of the molecule is O=C(CCCc1nc2ccccc2[nH]1)NCc1ccc(Cl)cc1Cl. The molecule has 1 aromatic heterocycles. The van der Waals surface area contributed by atoms with Crippen molar-refractivity contribution >= 4 is 40.1 Å². The fourth-order valence-electron chi connectivity index (χ4n) is 2.49. The number of rotatable bonds is 6. The summed E-state index contributed by atoms with van der Waals surface area (Å²) in [5.41, 5.74) is 2.83. The maximum Gasteiger partial charge on any atom is 0.220 e. The van der Waals surface area contributed by atoms with E-state index in [0.717, 1.165) is 35.3 Å². The molecule has 2 N–H and O–H groups in total. The van der Waals surface area contributed by atoms with Crippen molar-refractivity contribution in [2.75, 3.05) is 0 Å². The molecular formula is C18H17Cl2N3O. The van der Waals surface area contributed by atoms with Crippen molar-refractivity contribution in [1.29, 1.82) is 0 Å². The molecule has 0 spiro atoms. The zero-order chi connectivity index (χ0) is 16.9. The fourth-order valence-corrected chi connectivity index (χ4v) is 2.96. The number of carbonyl (C=O) groups is 1. The maximum absolute atomic E-state index is 11.9. The summed E-state index contributed by atoms with van der Waals surface area (Å²) in [6.45, 7) is 0.402. The summed E-state index contributed by atoms with van der Waals surface area (Å²) >= 11 is 11.9. The first kappa shape index (κ1) is 16.8. The predicted octanol–water partition coefficient (Wildman–Crippen LogP) is 4.51. The molecule has 0 atom stereocenters. The minimum absolute atomic E-state index is 0.00266. The van der Waals surface area contributed by atoms with Crippen molar-refractivity contribution in [2.45, 2.75) is 25.8 Å². The Hall–Kier alpha value is -2.04. The number of aryl methyl sites for hydroxylation is 1.